The molecule has 1 aliphatic heterocycles. The van der Waals surface area contributed by atoms with Crippen molar-refractivity contribution in [1.29, 1.82) is 0 Å². The van der Waals surface area contributed by atoms with E-state index in [-0.39, 0.29) is 12.4 Å². The Labute approximate surface area is 97.5 Å². The zero-order valence-electron chi connectivity index (χ0n) is 8.92. The maximum Gasteiger partial charge on any atom is 0.328 e. The summed E-state index contributed by atoms with van der Waals surface area (Å²) in [7, 11) is 0. The van der Waals surface area contributed by atoms with Crippen molar-refractivity contribution in [3.63, 3.8) is 0 Å². The van der Waals surface area contributed by atoms with Crippen LogP contribution in [0.5, 0.6) is 5.75 Å². The van der Waals surface area contributed by atoms with Gasteiger partial charge in [-0.3, -0.25) is 4.79 Å². The highest BCUT2D eigenvalue weighted by Gasteiger charge is 2.26. The van der Waals surface area contributed by atoms with Gasteiger partial charge in [0.15, 0.2) is 5.78 Å². The predicted molar refractivity (Wildman–Crippen MR) is 60.9 cm³/mol. The number of Topliss-reactive ketones (excluding diaryl/α,β-unsaturated/α-hetero) is 1. The van der Waals surface area contributed by atoms with E-state index in [0.29, 0.717) is 16.9 Å². The number of carboxylic acid groups (broad SMARTS) is 1. The Bertz CT molecular complexity index is 507. The summed E-state index contributed by atoms with van der Waals surface area (Å²) >= 11 is 0. The number of rotatable bonds is 2. The van der Waals surface area contributed by atoms with Crippen LogP contribution in [-0.4, -0.2) is 29.5 Å². The number of fused-ring (bicyclic) bond motifs is 1. The number of carbonyl (C=O) groups is 2. The quantitative estimate of drug-likeness (QED) is 0.733. The number of ketones is 1. The molecule has 5 heteroatoms. The minimum Gasteiger partial charge on any atom is -0.490 e. The first-order chi connectivity index (χ1) is 8.09. The lowest BCUT2D eigenvalue weighted by atomic mass is 9.98. The van der Waals surface area contributed by atoms with E-state index < -0.39 is 12.0 Å². The topological polar surface area (TPSA) is 89.6 Å². The van der Waals surface area contributed by atoms with E-state index >= 15 is 0 Å². The summed E-state index contributed by atoms with van der Waals surface area (Å²) in [5, 5.41) is 8.56. The lowest BCUT2D eigenvalue weighted by Crippen LogP contribution is -2.40. The van der Waals surface area contributed by atoms with Crippen LogP contribution in [0.25, 0.3) is 6.08 Å². The van der Waals surface area contributed by atoms with Gasteiger partial charge in [0.1, 0.15) is 18.4 Å². The first kappa shape index (κ1) is 11.3. The summed E-state index contributed by atoms with van der Waals surface area (Å²) < 4.78 is 5.38. The molecule has 5 nitrogen and oxygen atoms in total. The number of carboxylic acids is 1. The zero-order chi connectivity index (χ0) is 12.4. The first-order valence-corrected chi connectivity index (χ1v) is 5.06. The second-order valence-electron chi connectivity index (χ2n) is 3.68. The molecule has 1 aliphatic rings. The monoisotopic (exact) mass is 233 g/mol. The maximum atomic E-state index is 11.8. The van der Waals surface area contributed by atoms with Gasteiger partial charge < -0.3 is 15.6 Å². The third-order valence-corrected chi connectivity index (χ3v) is 2.46. The lowest BCUT2D eigenvalue weighted by Gasteiger charge is -2.22. The van der Waals surface area contributed by atoms with Crippen molar-refractivity contribution in [2.24, 2.45) is 5.73 Å². The first-order valence-electron chi connectivity index (χ1n) is 5.06. The van der Waals surface area contributed by atoms with E-state index in [1.165, 1.54) is 6.08 Å². The van der Waals surface area contributed by atoms with Crippen molar-refractivity contribution >= 4 is 17.8 Å². The number of nitrogens with two attached hydrogens (primary N) is 1. The number of benzene rings is 1. The average molecular weight is 233 g/mol. The fraction of sp³-hybridized carbons (Fsp3) is 0.167. The Hall–Kier alpha value is -2.14. The molecule has 3 N–H and O–H groups in total. The minimum absolute atomic E-state index is 0.115. The van der Waals surface area contributed by atoms with Gasteiger partial charge in [-0.25, -0.2) is 4.79 Å². The van der Waals surface area contributed by atoms with E-state index in [9.17, 15) is 9.59 Å². The molecule has 0 fully saturated rings. The molecule has 1 aromatic carbocycles. The molecular formula is C12H11NO4. The van der Waals surface area contributed by atoms with Crippen LogP contribution >= 0.6 is 0 Å². The van der Waals surface area contributed by atoms with E-state index in [2.05, 4.69) is 0 Å². The summed E-state index contributed by atoms with van der Waals surface area (Å²) in [5.41, 5.74) is 6.54. The number of carbonyl (C=O) groups excluding carboxylic acids is 1. The molecule has 0 amide bonds. The number of aliphatic carboxylic acids is 1. The van der Waals surface area contributed by atoms with Gasteiger partial charge in [-0.2, -0.15) is 0 Å². The van der Waals surface area contributed by atoms with Crippen molar-refractivity contribution in [1.82, 2.24) is 0 Å². The number of hydrogen-bond acceptors (Lipinski definition) is 4. The molecule has 2 rings (SSSR count). The van der Waals surface area contributed by atoms with Crippen molar-refractivity contribution < 1.29 is 19.4 Å². The molecule has 0 saturated heterocycles. The molecule has 0 radical (unpaired) electrons. The molecule has 0 aromatic heterocycles. The van der Waals surface area contributed by atoms with E-state index in [0.717, 1.165) is 6.08 Å². The molecule has 1 atom stereocenters. The fourth-order valence-corrected chi connectivity index (χ4v) is 1.65. The third kappa shape index (κ3) is 2.19. The minimum atomic E-state index is -1.05. The van der Waals surface area contributed by atoms with Crippen molar-refractivity contribution in [2.45, 2.75) is 6.04 Å². The molecule has 88 valence electrons. The van der Waals surface area contributed by atoms with E-state index in [1.54, 1.807) is 18.2 Å². The second kappa shape index (κ2) is 4.39. The standard InChI is InChI=1S/C12H11NO4/c13-9-6-17-12-7(4-5-10(14)15)2-1-3-8(12)11(9)16/h1-5,9H,6,13H2,(H,14,15). The largest absolute Gasteiger partial charge is 0.490 e. The van der Waals surface area contributed by atoms with Crippen LogP contribution in [0, 0.1) is 0 Å². The van der Waals surface area contributed by atoms with Crippen LogP contribution in [-0.2, 0) is 4.79 Å². The Morgan fingerprint density at radius 2 is 2.29 bits per heavy atom. The summed E-state index contributed by atoms with van der Waals surface area (Å²) in [6.45, 7) is 0.115. The number of para-hydroxylation sites is 1. The average Bonchev–Trinajstić information content (AvgIpc) is 2.31. The summed E-state index contributed by atoms with van der Waals surface area (Å²) in [6, 6.07) is 4.32. The highest BCUT2D eigenvalue weighted by molar-refractivity contribution is 6.04. The third-order valence-electron chi connectivity index (χ3n) is 2.46. The molecule has 0 spiro atoms. The summed E-state index contributed by atoms with van der Waals surface area (Å²) in [5.74, 6) is -0.838. The fourth-order valence-electron chi connectivity index (χ4n) is 1.65. The van der Waals surface area contributed by atoms with Crippen molar-refractivity contribution in [3.8, 4) is 5.75 Å². The highest BCUT2D eigenvalue weighted by atomic mass is 16.5. The molecular weight excluding hydrogens is 222 g/mol. The van der Waals surface area contributed by atoms with Crippen LogP contribution < -0.4 is 10.5 Å². The van der Waals surface area contributed by atoms with Gasteiger partial charge in [0.25, 0.3) is 0 Å². The molecule has 1 unspecified atom stereocenters. The van der Waals surface area contributed by atoms with Crippen molar-refractivity contribution in [3.05, 3.63) is 35.4 Å². The Balaban J connectivity index is 2.44. The molecule has 0 aliphatic carbocycles. The second-order valence-corrected chi connectivity index (χ2v) is 3.68. The molecule has 0 bridgehead atoms. The van der Waals surface area contributed by atoms with Crippen molar-refractivity contribution in [2.75, 3.05) is 6.61 Å². The molecule has 17 heavy (non-hydrogen) atoms. The molecule has 0 saturated carbocycles. The van der Waals surface area contributed by atoms with Gasteiger partial charge in [0.2, 0.25) is 0 Å². The van der Waals surface area contributed by atoms with Gasteiger partial charge >= 0.3 is 5.97 Å². The number of ether oxygens (including phenoxy) is 1. The maximum absolute atomic E-state index is 11.8. The van der Waals surface area contributed by atoms with Crippen LogP contribution in [0.2, 0.25) is 0 Å². The smallest absolute Gasteiger partial charge is 0.328 e. The lowest BCUT2D eigenvalue weighted by molar-refractivity contribution is -0.131. The highest BCUT2D eigenvalue weighted by Crippen LogP contribution is 2.29. The van der Waals surface area contributed by atoms with Gasteiger partial charge in [0, 0.05) is 11.6 Å². The predicted octanol–water partition coefficient (Wildman–Crippen LogP) is 0.687. The van der Waals surface area contributed by atoms with Gasteiger partial charge in [-0.1, -0.05) is 12.1 Å². The Morgan fingerprint density at radius 3 is 3.00 bits per heavy atom. The van der Waals surface area contributed by atoms with Crippen LogP contribution in [0.4, 0.5) is 0 Å². The van der Waals surface area contributed by atoms with Gasteiger partial charge in [-0.15, -0.1) is 0 Å². The molecule has 1 heterocycles. The Morgan fingerprint density at radius 1 is 1.53 bits per heavy atom. The van der Waals surface area contributed by atoms with Gasteiger partial charge in [-0.05, 0) is 12.1 Å². The normalized spacial score (nSPS) is 18.9. The number of hydrogen-bond donors (Lipinski definition) is 2. The Kier molecular flexibility index (Phi) is 2.93. The van der Waals surface area contributed by atoms with Gasteiger partial charge in [0.05, 0.1) is 5.56 Å². The van der Waals surface area contributed by atoms with Crippen LogP contribution in [0.1, 0.15) is 15.9 Å². The SMILES string of the molecule is NC1COc2c(C=CC(=O)O)cccc2C1=O. The van der Waals surface area contributed by atoms with Crippen LogP contribution in [0.15, 0.2) is 24.3 Å². The van der Waals surface area contributed by atoms with Crippen LogP contribution in [0.3, 0.4) is 0 Å². The van der Waals surface area contributed by atoms with E-state index in [4.69, 9.17) is 15.6 Å². The summed E-state index contributed by atoms with van der Waals surface area (Å²) in [6.07, 6.45) is 2.39. The summed E-state index contributed by atoms with van der Waals surface area (Å²) in [4.78, 5) is 22.2. The zero-order valence-corrected chi connectivity index (χ0v) is 8.92. The molecule has 1 aromatic rings. The van der Waals surface area contributed by atoms with E-state index in [1.807, 2.05) is 0 Å².